The predicted octanol–water partition coefficient (Wildman–Crippen LogP) is 0.890. The van der Waals surface area contributed by atoms with Gasteiger partial charge < -0.3 is 15.5 Å². The Balaban J connectivity index is 2.09. The molecule has 1 atom stereocenters. The Hall–Kier alpha value is -2.08. The molecule has 0 spiro atoms. The third-order valence-corrected chi connectivity index (χ3v) is 3.55. The fraction of sp³-hybridized carbons (Fsp3) is 0.385. The lowest BCUT2D eigenvalue weighted by Gasteiger charge is -2.08. The minimum atomic E-state index is -1.07. The number of carbonyl (C=O) groups is 1. The van der Waals surface area contributed by atoms with Crippen molar-refractivity contribution in [3.8, 4) is 5.88 Å². The van der Waals surface area contributed by atoms with Crippen LogP contribution in [-0.4, -0.2) is 38.7 Å². The summed E-state index contributed by atoms with van der Waals surface area (Å²) in [6, 6.07) is 4.82. The van der Waals surface area contributed by atoms with Gasteiger partial charge in [-0.05, 0) is 37.6 Å². The second-order valence-electron chi connectivity index (χ2n) is 4.85. The van der Waals surface area contributed by atoms with Crippen molar-refractivity contribution in [2.75, 3.05) is 13.1 Å². The number of nitrogens with zero attached hydrogens (tertiary/aromatic N) is 2. The SMILES string of the molecule is O=C(O)c1nc(CC2CCNC2)n2c(O)cccc12. The third kappa shape index (κ3) is 2.04. The van der Waals surface area contributed by atoms with Gasteiger partial charge in [-0.3, -0.25) is 4.40 Å². The number of hydrogen-bond acceptors (Lipinski definition) is 4. The van der Waals surface area contributed by atoms with Crippen LogP contribution in [0.25, 0.3) is 5.52 Å². The van der Waals surface area contributed by atoms with E-state index < -0.39 is 5.97 Å². The van der Waals surface area contributed by atoms with Crippen LogP contribution in [0.2, 0.25) is 0 Å². The van der Waals surface area contributed by atoms with Gasteiger partial charge in [-0.25, -0.2) is 9.78 Å². The van der Waals surface area contributed by atoms with E-state index in [1.54, 1.807) is 12.1 Å². The highest BCUT2D eigenvalue weighted by Gasteiger charge is 2.22. The molecular weight excluding hydrogens is 246 g/mol. The Morgan fingerprint density at radius 2 is 2.37 bits per heavy atom. The van der Waals surface area contributed by atoms with Gasteiger partial charge in [0.1, 0.15) is 5.82 Å². The van der Waals surface area contributed by atoms with E-state index in [4.69, 9.17) is 0 Å². The zero-order chi connectivity index (χ0) is 13.4. The molecule has 0 amide bonds. The number of carboxylic acid groups (broad SMARTS) is 1. The van der Waals surface area contributed by atoms with E-state index in [1.807, 2.05) is 0 Å². The molecule has 2 aromatic heterocycles. The maximum Gasteiger partial charge on any atom is 0.356 e. The van der Waals surface area contributed by atoms with Crippen LogP contribution >= 0.6 is 0 Å². The summed E-state index contributed by atoms with van der Waals surface area (Å²) in [6.45, 7) is 1.89. The summed E-state index contributed by atoms with van der Waals surface area (Å²) in [5.41, 5.74) is 0.435. The molecular formula is C13H15N3O3. The summed E-state index contributed by atoms with van der Waals surface area (Å²) < 4.78 is 1.53. The van der Waals surface area contributed by atoms with Crippen LogP contribution in [0, 0.1) is 5.92 Å². The first kappa shape index (κ1) is 12.0. The lowest BCUT2D eigenvalue weighted by molar-refractivity contribution is 0.0693. The van der Waals surface area contributed by atoms with Crippen LogP contribution in [0.3, 0.4) is 0 Å². The molecule has 6 heteroatoms. The molecule has 0 aliphatic carbocycles. The lowest BCUT2D eigenvalue weighted by atomic mass is 10.0. The molecule has 1 fully saturated rings. The highest BCUT2D eigenvalue weighted by molar-refractivity contribution is 5.93. The molecule has 1 aliphatic rings. The minimum absolute atomic E-state index is 0.00291. The van der Waals surface area contributed by atoms with E-state index in [9.17, 15) is 15.0 Å². The smallest absolute Gasteiger partial charge is 0.356 e. The number of rotatable bonds is 3. The average Bonchev–Trinajstić information content (AvgIpc) is 2.98. The molecule has 0 radical (unpaired) electrons. The molecule has 0 saturated carbocycles. The van der Waals surface area contributed by atoms with Crippen molar-refractivity contribution < 1.29 is 15.0 Å². The van der Waals surface area contributed by atoms with Gasteiger partial charge in [0.25, 0.3) is 0 Å². The number of hydrogen-bond donors (Lipinski definition) is 3. The van der Waals surface area contributed by atoms with Crippen molar-refractivity contribution in [2.24, 2.45) is 5.92 Å². The van der Waals surface area contributed by atoms with Crippen molar-refractivity contribution in [1.29, 1.82) is 0 Å². The normalized spacial score (nSPS) is 19.1. The first-order valence-electron chi connectivity index (χ1n) is 6.30. The molecule has 1 aliphatic heterocycles. The molecule has 0 bridgehead atoms. The van der Waals surface area contributed by atoms with E-state index in [0.29, 0.717) is 23.7 Å². The summed E-state index contributed by atoms with van der Waals surface area (Å²) in [5, 5.41) is 22.4. The average molecular weight is 261 g/mol. The summed E-state index contributed by atoms with van der Waals surface area (Å²) in [6.07, 6.45) is 1.71. The Morgan fingerprint density at radius 1 is 1.53 bits per heavy atom. The van der Waals surface area contributed by atoms with Gasteiger partial charge in [-0.15, -0.1) is 0 Å². The molecule has 0 aromatic carbocycles. The maximum atomic E-state index is 11.2. The Morgan fingerprint density at radius 3 is 3.05 bits per heavy atom. The molecule has 3 heterocycles. The standard InChI is InChI=1S/C13H15N3O3/c17-11-3-1-2-9-12(13(18)19)15-10(16(9)11)6-8-4-5-14-7-8/h1-3,8,14,17H,4-7H2,(H,18,19). The number of imidazole rings is 1. The first-order chi connectivity index (χ1) is 9.16. The van der Waals surface area contributed by atoms with Crippen molar-refractivity contribution in [2.45, 2.75) is 12.8 Å². The molecule has 2 aromatic rings. The van der Waals surface area contributed by atoms with E-state index in [1.165, 1.54) is 10.5 Å². The number of nitrogens with one attached hydrogen (secondary N) is 1. The molecule has 6 nitrogen and oxygen atoms in total. The zero-order valence-electron chi connectivity index (χ0n) is 10.3. The molecule has 19 heavy (non-hydrogen) atoms. The van der Waals surface area contributed by atoms with Crippen LogP contribution in [0.1, 0.15) is 22.7 Å². The van der Waals surface area contributed by atoms with Crippen molar-refractivity contribution >= 4 is 11.5 Å². The second kappa shape index (κ2) is 4.55. The fourth-order valence-electron chi connectivity index (χ4n) is 2.63. The number of aromatic carboxylic acids is 1. The minimum Gasteiger partial charge on any atom is -0.494 e. The van der Waals surface area contributed by atoms with Gasteiger partial charge in [-0.1, -0.05) is 6.07 Å². The number of aromatic hydroxyl groups is 1. The number of aromatic nitrogens is 2. The first-order valence-corrected chi connectivity index (χ1v) is 6.30. The topological polar surface area (TPSA) is 86.9 Å². The molecule has 3 N–H and O–H groups in total. The van der Waals surface area contributed by atoms with Gasteiger partial charge in [0.05, 0.1) is 5.52 Å². The van der Waals surface area contributed by atoms with Crippen LogP contribution in [-0.2, 0) is 6.42 Å². The summed E-state index contributed by atoms with van der Waals surface area (Å²) in [4.78, 5) is 15.4. The molecule has 3 rings (SSSR count). The summed E-state index contributed by atoms with van der Waals surface area (Å²) in [5.74, 6) is 0.00315. The van der Waals surface area contributed by atoms with Crippen molar-refractivity contribution in [3.05, 3.63) is 29.7 Å². The number of pyridine rings is 1. The Bertz CT molecular complexity index is 629. The monoisotopic (exact) mass is 261 g/mol. The molecule has 1 unspecified atom stereocenters. The van der Waals surface area contributed by atoms with Gasteiger partial charge in [0, 0.05) is 6.42 Å². The van der Waals surface area contributed by atoms with Crippen molar-refractivity contribution in [3.63, 3.8) is 0 Å². The fourth-order valence-corrected chi connectivity index (χ4v) is 2.63. The lowest BCUT2D eigenvalue weighted by Crippen LogP contribution is -2.12. The predicted molar refractivity (Wildman–Crippen MR) is 68.5 cm³/mol. The van der Waals surface area contributed by atoms with E-state index in [0.717, 1.165) is 19.5 Å². The van der Waals surface area contributed by atoms with Gasteiger partial charge >= 0.3 is 5.97 Å². The highest BCUT2D eigenvalue weighted by Crippen LogP contribution is 2.23. The third-order valence-electron chi connectivity index (χ3n) is 3.55. The molecule has 100 valence electrons. The van der Waals surface area contributed by atoms with Gasteiger partial charge in [0.15, 0.2) is 11.6 Å². The van der Waals surface area contributed by atoms with Crippen LogP contribution < -0.4 is 5.32 Å². The van der Waals surface area contributed by atoms with Gasteiger partial charge in [-0.2, -0.15) is 0 Å². The van der Waals surface area contributed by atoms with Crippen LogP contribution in [0.15, 0.2) is 18.2 Å². The number of fused-ring (bicyclic) bond motifs is 1. The van der Waals surface area contributed by atoms with Crippen molar-refractivity contribution in [1.82, 2.24) is 14.7 Å². The highest BCUT2D eigenvalue weighted by atomic mass is 16.4. The summed E-state index contributed by atoms with van der Waals surface area (Å²) >= 11 is 0. The van der Waals surface area contributed by atoms with Gasteiger partial charge in [0.2, 0.25) is 0 Å². The summed E-state index contributed by atoms with van der Waals surface area (Å²) in [7, 11) is 0. The van der Waals surface area contributed by atoms with E-state index in [2.05, 4.69) is 10.3 Å². The maximum absolute atomic E-state index is 11.2. The molecule has 1 saturated heterocycles. The quantitative estimate of drug-likeness (QED) is 0.764. The van der Waals surface area contributed by atoms with Crippen LogP contribution in [0.5, 0.6) is 5.88 Å². The van der Waals surface area contributed by atoms with Crippen LogP contribution in [0.4, 0.5) is 0 Å². The number of carboxylic acids is 1. The Labute approximate surface area is 109 Å². The Kier molecular flexibility index (Phi) is 2.87. The van der Waals surface area contributed by atoms with E-state index in [-0.39, 0.29) is 11.6 Å². The zero-order valence-corrected chi connectivity index (χ0v) is 10.3. The second-order valence-corrected chi connectivity index (χ2v) is 4.85. The largest absolute Gasteiger partial charge is 0.494 e. The van der Waals surface area contributed by atoms with E-state index >= 15 is 0 Å².